The van der Waals surface area contributed by atoms with Crippen LogP contribution in [0, 0.1) is 12.8 Å². The first-order chi connectivity index (χ1) is 10.6. The number of aryl methyl sites for hydroxylation is 1. The summed E-state index contributed by atoms with van der Waals surface area (Å²) in [6, 6.07) is 12.7. The molecular weight excluding hydrogens is 313 g/mol. The Hall–Kier alpha value is -1.44. The van der Waals surface area contributed by atoms with Crippen LogP contribution in [0.15, 0.2) is 48.6 Å². The summed E-state index contributed by atoms with van der Waals surface area (Å²) in [6.45, 7) is 2.12. The summed E-state index contributed by atoms with van der Waals surface area (Å²) in [5.41, 5.74) is 5.06. The number of rotatable bonds is 1. The third-order valence-corrected chi connectivity index (χ3v) is 5.33. The molecular formula is C19H17Cl2N. The molecule has 0 saturated carbocycles. The first kappa shape index (κ1) is 14.2. The van der Waals surface area contributed by atoms with E-state index in [1.165, 1.54) is 22.4 Å². The summed E-state index contributed by atoms with van der Waals surface area (Å²) >= 11 is 12.3. The van der Waals surface area contributed by atoms with E-state index in [9.17, 15) is 0 Å². The summed E-state index contributed by atoms with van der Waals surface area (Å²) in [7, 11) is 0. The molecule has 1 aliphatic heterocycles. The molecule has 0 spiro atoms. The molecule has 22 heavy (non-hydrogen) atoms. The van der Waals surface area contributed by atoms with E-state index in [-0.39, 0.29) is 0 Å². The van der Waals surface area contributed by atoms with Gasteiger partial charge in [0.2, 0.25) is 0 Å². The minimum absolute atomic E-state index is 0.310. The van der Waals surface area contributed by atoms with E-state index < -0.39 is 0 Å². The first-order valence-corrected chi connectivity index (χ1v) is 8.38. The summed E-state index contributed by atoms with van der Waals surface area (Å²) in [5.74, 6) is 0.973. The van der Waals surface area contributed by atoms with Crippen molar-refractivity contribution < 1.29 is 0 Å². The Balaban J connectivity index is 1.82. The lowest BCUT2D eigenvalue weighted by Gasteiger charge is -2.38. The monoisotopic (exact) mass is 329 g/mol. The summed E-state index contributed by atoms with van der Waals surface area (Å²) in [6.07, 6.45) is 5.73. The van der Waals surface area contributed by atoms with Gasteiger partial charge >= 0.3 is 0 Å². The van der Waals surface area contributed by atoms with Gasteiger partial charge in [-0.15, -0.1) is 0 Å². The predicted molar refractivity (Wildman–Crippen MR) is 94.0 cm³/mol. The topological polar surface area (TPSA) is 12.0 Å². The molecule has 3 atom stereocenters. The van der Waals surface area contributed by atoms with Gasteiger partial charge in [0, 0.05) is 21.7 Å². The zero-order chi connectivity index (χ0) is 15.3. The molecule has 2 aromatic rings. The van der Waals surface area contributed by atoms with E-state index in [2.05, 4.69) is 42.6 Å². The molecule has 0 fully saturated rings. The highest BCUT2D eigenvalue weighted by atomic mass is 35.5. The van der Waals surface area contributed by atoms with Gasteiger partial charge in [-0.3, -0.25) is 0 Å². The minimum atomic E-state index is 0.310. The van der Waals surface area contributed by atoms with Crippen LogP contribution in [-0.4, -0.2) is 0 Å². The van der Waals surface area contributed by atoms with E-state index >= 15 is 0 Å². The van der Waals surface area contributed by atoms with Crippen LogP contribution in [0.3, 0.4) is 0 Å². The Morgan fingerprint density at radius 3 is 2.59 bits per heavy atom. The van der Waals surface area contributed by atoms with Gasteiger partial charge in [-0.25, -0.2) is 0 Å². The van der Waals surface area contributed by atoms with Crippen LogP contribution in [0.5, 0.6) is 0 Å². The van der Waals surface area contributed by atoms with Gasteiger partial charge in [-0.1, -0.05) is 47.5 Å². The fourth-order valence-electron chi connectivity index (χ4n) is 3.84. The minimum Gasteiger partial charge on any atom is -0.377 e. The van der Waals surface area contributed by atoms with Gasteiger partial charge in [-0.2, -0.15) is 0 Å². The van der Waals surface area contributed by atoms with Crippen LogP contribution in [0.4, 0.5) is 5.69 Å². The van der Waals surface area contributed by atoms with Crippen molar-refractivity contribution in [3.63, 3.8) is 0 Å². The second-order valence-electron chi connectivity index (χ2n) is 6.21. The van der Waals surface area contributed by atoms with Crippen LogP contribution < -0.4 is 5.32 Å². The van der Waals surface area contributed by atoms with E-state index in [1.807, 2.05) is 18.2 Å². The van der Waals surface area contributed by atoms with Gasteiger partial charge < -0.3 is 5.32 Å². The third-order valence-electron chi connectivity index (χ3n) is 4.86. The van der Waals surface area contributed by atoms with Crippen molar-refractivity contribution in [2.24, 2.45) is 5.92 Å². The van der Waals surface area contributed by atoms with E-state index in [1.54, 1.807) is 0 Å². The van der Waals surface area contributed by atoms with Crippen molar-refractivity contribution in [3.05, 3.63) is 75.3 Å². The maximum atomic E-state index is 6.28. The largest absolute Gasteiger partial charge is 0.377 e. The summed E-state index contributed by atoms with van der Waals surface area (Å²) in [4.78, 5) is 0. The predicted octanol–water partition coefficient (Wildman–Crippen LogP) is 6.13. The Morgan fingerprint density at radius 2 is 1.82 bits per heavy atom. The van der Waals surface area contributed by atoms with Gasteiger partial charge in [0.25, 0.3) is 0 Å². The maximum Gasteiger partial charge on any atom is 0.0554 e. The molecule has 1 N–H and O–H groups in total. The lowest BCUT2D eigenvalue weighted by Crippen LogP contribution is -2.29. The molecule has 4 rings (SSSR count). The van der Waals surface area contributed by atoms with Crippen LogP contribution in [0.2, 0.25) is 10.0 Å². The Morgan fingerprint density at radius 1 is 1.05 bits per heavy atom. The van der Waals surface area contributed by atoms with Crippen molar-refractivity contribution in [2.75, 3.05) is 5.32 Å². The summed E-state index contributed by atoms with van der Waals surface area (Å²) in [5, 5.41) is 5.36. The number of nitrogens with one attached hydrogen (secondary N) is 1. The highest BCUT2D eigenvalue weighted by molar-refractivity contribution is 6.31. The molecule has 1 heterocycles. The highest BCUT2D eigenvalue weighted by Gasteiger charge is 2.38. The zero-order valence-corrected chi connectivity index (χ0v) is 13.8. The molecule has 1 nitrogen and oxygen atoms in total. The fourth-order valence-corrected chi connectivity index (χ4v) is 4.25. The molecule has 2 aromatic carbocycles. The van der Waals surface area contributed by atoms with Crippen LogP contribution in [0.1, 0.15) is 35.1 Å². The van der Waals surface area contributed by atoms with Crippen molar-refractivity contribution in [1.82, 2.24) is 0 Å². The number of anilines is 1. The first-order valence-electron chi connectivity index (χ1n) is 7.62. The van der Waals surface area contributed by atoms with Crippen molar-refractivity contribution >= 4 is 28.9 Å². The zero-order valence-electron chi connectivity index (χ0n) is 12.3. The number of hydrogen-bond donors (Lipinski definition) is 1. The average molecular weight is 330 g/mol. The van der Waals surface area contributed by atoms with Gasteiger partial charge in [0.05, 0.1) is 6.04 Å². The van der Waals surface area contributed by atoms with E-state index in [0.29, 0.717) is 17.9 Å². The molecule has 112 valence electrons. The molecule has 3 heteroatoms. The second kappa shape index (κ2) is 5.33. The highest BCUT2D eigenvalue weighted by Crippen LogP contribution is 2.51. The number of benzene rings is 2. The van der Waals surface area contributed by atoms with Gasteiger partial charge in [-0.05, 0) is 60.2 Å². The number of halogens is 2. The quantitative estimate of drug-likeness (QED) is 0.620. The normalized spacial score (nSPS) is 25.5. The summed E-state index contributed by atoms with van der Waals surface area (Å²) < 4.78 is 0. The van der Waals surface area contributed by atoms with Gasteiger partial charge in [0.15, 0.2) is 0 Å². The third kappa shape index (κ3) is 2.24. The number of fused-ring (bicyclic) bond motifs is 3. The molecule has 0 amide bonds. The number of allylic oxidation sites excluding steroid dienone is 2. The lowest BCUT2D eigenvalue weighted by atomic mass is 9.76. The molecule has 0 saturated heterocycles. The molecule has 2 aliphatic rings. The SMILES string of the molecule is Cc1cc(Cl)cc2c1N[C@H](c1ccc(Cl)cc1)[C@H]1CC=C[C@@H]21. The van der Waals surface area contributed by atoms with Crippen molar-refractivity contribution in [1.29, 1.82) is 0 Å². The van der Waals surface area contributed by atoms with Crippen LogP contribution in [0.25, 0.3) is 0 Å². The Kier molecular flexibility index (Phi) is 3.43. The molecule has 0 radical (unpaired) electrons. The van der Waals surface area contributed by atoms with E-state index in [4.69, 9.17) is 23.2 Å². The smallest absolute Gasteiger partial charge is 0.0554 e. The molecule has 0 bridgehead atoms. The van der Waals surface area contributed by atoms with Crippen molar-refractivity contribution in [2.45, 2.75) is 25.3 Å². The molecule has 0 unspecified atom stereocenters. The standard InChI is InChI=1S/C19H17Cl2N/c1-11-9-14(21)10-17-15-3-2-4-16(15)19(22-18(11)17)12-5-7-13(20)8-6-12/h2-3,5-10,15-16,19,22H,4H2,1H3/t15-,16+,19-/m1/s1. The molecule has 0 aromatic heterocycles. The number of hydrogen-bond acceptors (Lipinski definition) is 1. The Labute approximate surface area is 140 Å². The maximum absolute atomic E-state index is 6.28. The van der Waals surface area contributed by atoms with Crippen LogP contribution >= 0.6 is 23.2 Å². The van der Waals surface area contributed by atoms with Gasteiger partial charge in [0.1, 0.15) is 0 Å². The second-order valence-corrected chi connectivity index (χ2v) is 7.09. The average Bonchev–Trinajstić information content (AvgIpc) is 2.97. The Bertz CT molecular complexity index is 749. The molecule has 1 aliphatic carbocycles. The van der Waals surface area contributed by atoms with Crippen LogP contribution in [-0.2, 0) is 0 Å². The fraction of sp³-hybridized carbons (Fsp3) is 0.263. The van der Waals surface area contributed by atoms with E-state index in [0.717, 1.165) is 16.5 Å². The lowest BCUT2D eigenvalue weighted by molar-refractivity contribution is 0.425. The van der Waals surface area contributed by atoms with Crippen molar-refractivity contribution in [3.8, 4) is 0 Å².